The van der Waals surface area contributed by atoms with Gasteiger partial charge in [-0.05, 0) is 6.07 Å². The van der Waals surface area contributed by atoms with Gasteiger partial charge in [0.05, 0.1) is 14.2 Å². The van der Waals surface area contributed by atoms with Crippen molar-refractivity contribution >= 4 is 6.21 Å². The maximum Gasteiger partial charge on any atom is 0.231 e. The summed E-state index contributed by atoms with van der Waals surface area (Å²) in [6.07, 6.45) is 1.77. The van der Waals surface area contributed by atoms with Gasteiger partial charge in [0, 0.05) is 18.2 Å². The molecule has 1 heterocycles. The molecule has 1 aromatic carbocycles. The Morgan fingerprint density at radius 1 is 1.35 bits per heavy atom. The molecule has 6 nitrogen and oxygen atoms in total. The molecule has 0 saturated carbocycles. The molecular formula is C11H13NO5. The summed E-state index contributed by atoms with van der Waals surface area (Å²) in [6.45, 7) is 0.138. The second kappa shape index (κ2) is 4.82. The third-order valence-electron chi connectivity index (χ3n) is 2.46. The molecule has 1 aliphatic rings. The number of methoxy groups -OCH3 is 2. The van der Waals surface area contributed by atoms with E-state index in [1.165, 1.54) is 6.21 Å². The second-order valence-corrected chi connectivity index (χ2v) is 3.34. The van der Waals surface area contributed by atoms with Gasteiger partial charge < -0.3 is 24.2 Å². The van der Waals surface area contributed by atoms with Crippen LogP contribution in [0.25, 0.3) is 0 Å². The summed E-state index contributed by atoms with van der Waals surface area (Å²) in [4.78, 5) is 0. The summed E-state index contributed by atoms with van der Waals surface area (Å²) in [5.74, 6) is 2.19. The predicted octanol–water partition coefficient (Wildman–Crippen LogP) is 1.43. The molecule has 1 aliphatic heterocycles. The molecule has 0 amide bonds. The summed E-state index contributed by atoms with van der Waals surface area (Å²) >= 11 is 0. The van der Waals surface area contributed by atoms with E-state index in [-0.39, 0.29) is 6.79 Å². The highest BCUT2D eigenvalue weighted by atomic mass is 16.7. The number of rotatable bonds is 4. The fourth-order valence-corrected chi connectivity index (χ4v) is 1.73. The third-order valence-corrected chi connectivity index (χ3v) is 2.46. The minimum Gasteiger partial charge on any atom is -0.493 e. The van der Waals surface area contributed by atoms with E-state index in [9.17, 15) is 0 Å². The number of hydrogen-bond donors (Lipinski definition) is 1. The molecule has 0 atom stereocenters. The van der Waals surface area contributed by atoms with Crippen molar-refractivity contribution in [3.05, 3.63) is 11.6 Å². The van der Waals surface area contributed by atoms with Crippen LogP contribution in [-0.2, 0) is 6.42 Å². The fraction of sp³-hybridized carbons (Fsp3) is 0.364. The lowest BCUT2D eigenvalue weighted by Crippen LogP contribution is -1.97. The Hall–Kier alpha value is -2.11. The average molecular weight is 239 g/mol. The summed E-state index contributed by atoms with van der Waals surface area (Å²) in [5, 5.41) is 11.4. The normalized spacial score (nSPS) is 13.1. The maximum atomic E-state index is 8.45. The Bertz CT molecular complexity index is 444. The lowest BCUT2D eigenvalue weighted by molar-refractivity contribution is 0.168. The van der Waals surface area contributed by atoms with Crippen LogP contribution in [0.4, 0.5) is 0 Å². The SMILES string of the molecule is COc1cc(C/C=N/O)c(OC)c2c1OCO2. The molecule has 1 aromatic rings. The topological polar surface area (TPSA) is 69.5 Å². The minimum atomic E-state index is 0.138. The van der Waals surface area contributed by atoms with Crippen LogP contribution >= 0.6 is 0 Å². The number of oxime groups is 1. The molecule has 0 saturated heterocycles. The first kappa shape index (κ1) is 11.4. The highest BCUT2D eigenvalue weighted by Crippen LogP contribution is 2.49. The highest BCUT2D eigenvalue weighted by Gasteiger charge is 2.26. The van der Waals surface area contributed by atoms with E-state index in [2.05, 4.69) is 5.16 Å². The summed E-state index contributed by atoms with van der Waals surface area (Å²) in [7, 11) is 3.09. The Morgan fingerprint density at radius 2 is 2.12 bits per heavy atom. The molecular weight excluding hydrogens is 226 g/mol. The molecule has 0 aliphatic carbocycles. The summed E-state index contributed by atoms with van der Waals surface area (Å²) in [5.41, 5.74) is 0.798. The van der Waals surface area contributed by atoms with Crippen molar-refractivity contribution in [3.8, 4) is 23.0 Å². The summed E-state index contributed by atoms with van der Waals surface area (Å²) in [6, 6.07) is 1.77. The zero-order chi connectivity index (χ0) is 12.3. The van der Waals surface area contributed by atoms with Gasteiger partial charge in [-0.3, -0.25) is 0 Å². The van der Waals surface area contributed by atoms with Gasteiger partial charge in [-0.15, -0.1) is 5.16 Å². The average Bonchev–Trinajstić information content (AvgIpc) is 2.83. The van der Waals surface area contributed by atoms with E-state index >= 15 is 0 Å². The fourth-order valence-electron chi connectivity index (χ4n) is 1.73. The zero-order valence-corrected chi connectivity index (χ0v) is 9.60. The van der Waals surface area contributed by atoms with E-state index < -0.39 is 0 Å². The molecule has 0 bridgehead atoms. The van der Waals surface area contributed by atoms with Crippen molar-refractivity contribution in [1.82, 2.24) is 0 Å². The van der Waals surface area contributed by atoms with Crippen LogP contribution in [0.15, 0.2) is 11.2 Å². The lowest BCUT2D eigenvalue weighted by atomic mass is 10.1. The van der Waals surface area contributed by atoms with Gasteiger partial charge in [0.2, 0.25) is 18.3 Å². The van der Waals surface area contributed by atoms with Gasteiger partial charge in [0.15, 0.2) is 11.5 Å². The molecule has 0 unspecified atom stereocenters. The molecule has 1 N–H and O–H groups in total. The molecule has 17 heavy (non-hydrogen) atoms. The molecule has 0 spiro atoms. The van der Waals surface area contributed by atoms with Crippen molar-refractivity contribution in [2.24, 2.45) is 5.16 Å². The number of benzene rings is 1. The van der Waals surface area contributed by atoms with Crippen molar-refractivity contribution in [2.45, 2.75) is 6.42 Å². The van der Waals surface area contributed by atoms with E-state index in [1.54, 1.807) is 20.3 Å². The van der Waals surface area contributed by atoms with Crippen molar-refractivity contribution in [3.63, 3.8) is 0 Å². The molecule has 0 aromatic heterocycles. The van der Waals surface area contributed by atoms with E-state index in [0.717, 1.165) is 5.56 Å². The van der Waals surface area contributed by atoms with Crippen molar-refractivity contribution < 1.29 is 24.2 Å². The smallest absolute Gasteiger partial charge is 0.231 e. The standard InChI is InChI=1S/C11H13NO5/c1-14-8-5-7(3-4-12-13)9(15-2)11-10(8)16-6-17-11/h4-5,13H,3,6H2,1-2H3/b12-4+. The molecule has 92 valence electrons. The third kappa shape index (κ3) is 1.93. The Labute approximate surface area is 98.3 Å². The first-order valence-corrected chi connectivity index (χ1v) is 5.01. The van der Waals surface area contributed by atoms with E-state index in [0.29, 0.717) is 29.4 Å². The number of fused-ring (bicyclic) bond motifs is 1. The van der Waals surface area contributed by atoms with Crippen molar-refractivity contribution in [2.75, 3.05) is 21.0 Å². The van der Waals surface area contributed by atoms with E-state index in [4.69, 9.17) is 24.2 Å². The van der Waals surface area contributed by atoms with Crippen LogP contribution in [0, 0.1) is 0 Å². The second-order valence-electron chi connectivity index (χ2n) is 3.34. The Balaban J connectivity index is 2.51. The monoisotopic (exact) mass is 239 g/mol. The van der Waals surface area contributed by atoms with Crippen LogP contribution in [0.5, 0.6) is 23.0 Å². The minimum absolute atomic E-state index is 0.138. The van der Waals surface area contributed by atoms with Crippen LogP contribution in [0.3, 0.4) is 0 Å². The molecule has 6 heteroatoms. The largest absolute Gasteiger partial charge is 0.493 e. The highest BCUT2D eigenvalue weighted by molar-refractivity contribution is 5.69. The van der Waals surface area contributed by atoms with Crippen LogP contribution in [0.2, 0.25) is 0 Å². The molecule has 2 rings (SSSR count). The molecule has 0 radical (unpaired) electrons. The number of hydrogen-bond acceptors (Lipinski definition) is 6. The first-order chi connectivity index (χ1) is 8.31. The van der Waals surface area contributed by atoms with Gasteiger partial charge in [-0.2, -0.15) is 0 Å². The Morgan fingerprint density at radius 3 is 2.76 bits per heavy atom. The van der Waals surface area contributed by atoms with Gasteiger partial charge in [-0.1, -0.05) is 0 Å². The quantitative estimate of drug-likeness (QED) is 0.489. The van der Waals surface area contributed by atoms with Gasteiger partial charge in [0.25, 0.3) is 0 Å². The Kier molecular flexibility index (Phi) is 3.22. The summed E-state index contributed by atoms with van der Waals surface area (Å²) < 4.78 is 21.2. The van der Waals surface area contributed by atoms with Crippen LogP contribution in [-0.4, -0.2) is 32.4 Å². The molecule has 0 fully saturated rings. The van der Waals surface area contributed by atoms with Gasteiger partial charge in [0.1, 0.15) is 0 Å². The first-order valence-electron chi connectivity index (χ1n) is 5.01. The zero-order valence-electron chi connectivity index (χ0n) is 9.60. The van der Waals surface area contributed by atoms with Gasteiger partial charge >= 0.3 is 0 Å². The predicted molar refractivity (Wildman–Crippen MR) is 59.7 cm³/mol. The maximum absolute atomic E-state index is 8.45. The van der Waals surface area contributed by atoms with E-state index in [1.807, 2.05) is 0 Å². The van der Waals surface area contributed by atoms with Gasteiger partial charge in [-0.25, -0.2) is 0 Å². The van der Waals surface area contributed by atoms with Crippen LogP contribution in [0.1, 0.15) is 5.56 Å². The van der Waals surface area contributed by atoms with Crippen LogP contribution < -0.4 is 18.9 Å². The van der Waals surface area contributed by atoms with Crippen molar-refractivity contribution in [1.29, 1.82) is 0 Å². The number of ether oxygens (including phenoxy) is 4. The lowest BCUT2D eigenvalue weighted by Gasteiger charge is -2.12. The number of nitrogens with zero attached hydrogens (tertiary/aromatic N) is 1.